The first-order valence-electron chi connectivity index (χ1n) is 4.46. The number of thiazole rings is 1. The lowest BCUT2D eigenvalue weighted by atomic mass is 10.3. The fourth-order valence-corrected chi connectivity index (χ4v) is 2.78. The second-order valence-corrected chi connectivity index (χ2v) is 4.74. The molecule has 0 bridgehead atoms. The summed E-state index contributed by atoms with van der Waals surface area (Å²) in [6.45, 7) is 2.12. The molecule has 4 heteroatoms. The third-order valence-corrected chi connectivity index (χ3v) is 3.76. The van der Waals surface area contributed by atoms with Gasteiger partial charge in [0.2, 0.25) is 0 Å². The molecule has 0 fully saturated rings. The number of rotatable bonds is 3. The summed E-state index contributed by atoms with van der Waals surface area (Å²) in [7, 11) is 1.95. The van der Waals surface area contributed by atoms with Crippen molar-refractivity contribution in [3.05, 3.63) is 27.9 Å². The minimum atomic E-state index is 0.332. The van der Waals surface area contributed by atoms with E-state index in [0.717, 1.165) is 10.7 Å². The zero-order valence-corrected chi connectivity index (χ0v) is 9.78. The van der Waals surface area contributed by atoms with Crippen molar-refractivity contribution in [2.24, 2.45) is 0 Å². The van der Waals surface area contributed by atoms with Crippen LogP contribution in [0.5, 0.6) is 0 Å². The molecule has 14 heavy (non-hydrogen) atoms. The summed E-state index contributed by atoms with van der Waals surface area (Å²) in [5, 5.41) is 10.6. The molecule has 2 aromatic heterocycles. The zero-order valence-electron chi connectivity index (χ0n) is 8.15. The van der Waals surface area contributed by atoms with Crippen molar-refractivity contribution in [3.63, 3.8) is 0 Å². The normalized spacial score (nSPS) is 13.0. The number of aromatic nitrogens is 1. The first-order valence-corrected chi connectivity index (χ1v) is 6.28. The van der Waals surface area contributed by atoms with Gasteiger partial charge in [0.25, 0.3) is 0 Å². The van der Waals surface area contributed by atoms with E-state index >= 15 is 0 Å². The quantitative estimate of drug-likeness (QED) is 0.866. The maximum Gasteiger partial charge on any atom is 0.124 e. The number of hydrogen-bond donors (Lipinski definition) is 1. The van der Waals surface area contributed by atoms with E-state index in [1.807, 2.05) is 7.05 Å². The Hall–Kier alpha value is -0.710. The van der Waals surface area contributed by atoms with Gasteiger partial charge in [0.15, 0.2) is 0 Å². The lowest BCUT2D eigenvalue weighted by molar-refractivity contribution is 0.637. The molecule has 1 N–H and O–H groups in total. The monoisotopic (exact) mass is 224 g/mol. The molecule has 0 spiro atoms. The lowest BCUT2D eigenvalue weighted by Gasteiger charge is -2.04. The van der Waals surface area contributed by atoms with Crippen molar-refractivity contribution in [1.29, 1.82) is 0 Å². The molecular formula is C10H12N2S2. The Kier molecular flexibility index (Phi) is 2.96. The Bertz CT molecular complexity index is 392. The van der Waals surface area contributed by atoms with Gasteiger partial charge in [-0.2, -0.15) is 11.3 Å². The highest BCUT2D eigenvalue weighted by atomic mass is 32.1. The molecule has 0 radical (unpaired) electrons. The second kappa shape index (κ2) is 4.21. The van der Waals surface area contributed by atoms with E-state index in [1.165, 1.54) is 5.56 Å². The summed E-state index contributed by atoms with van der Waals surface area (Å²) in [6, 6.07) is 2.44. The summed E-state index contributed by atoms with van der Waals surface area (Å²) in [5.41, 5.74) is 2.35. The fraction of sp³-hybridized carbons (Fsp3) is 0.300. The van der Waals surface area contributed by atoms with E-state index < -0.39 is 0 Å². The molecule has 2 heterocycles. The van der Waals surface area contributed by atoms with Crippen molar-refractivity contribution < 1.29 is 0 Å². The van der Waals surface area contributed by atoms with Gasteiger partial charge in [-0.1, -0.05) is 0 Å². The number of nitrogens with zero attached hydrogens (tertiary/aromatic N) is 1. The van der Waals surface area contributed by atoms with Crippen molar-refractivity contribution in [2.75, 3.05) is 7.05 Å². The molecule has 1 atom stereocenters. The molecule has 2 aromatic rings. The molecule has 2 rings (SSSR count). The van der Waals surface area contributed by atoms with E-state index in [-0.39, 0.29) is 0 Å². The fourth-order valence-electron chi connectivity index (χ4n) is 1.15. The van der Waals surface area contributed by atoms with Crippen LogP contribution in [-0.4, -0.2) is 12.0 Å². The standard InChI is InChI=1S/C10H12N2S2/c1-7(11-2)9-6-14-10(12-9)8-3-4-13-5-8/h3-7,11H,1-2H3. The number of nitrogens with one attached hydrogen (secondary N) is 1. The van der Waals surface area contributed by atoms with Crippen LogP contribution in [0.1, 0.15) is 18.7 Å². The molecule has 0 aliphatic heterocycles. The maximum atomic E-state index is 4.59. The molecule has 0 aromatic carbocycles. The van der Waals surface area contributed by atoms with Gasteiger partial charge in [-0.15, -0.1) is 11.3 Å². The predicted molar refractivity (Wildman–Crippen MR) is 62.9 cm³/mol. The van der Waals surface area contributed by atoms with Crippen LogP contribution in [0.4, 0.5) is 0 Å². The van der Waals surface area contributed by atoms with Crippen molar-refractivity contribution in [1.82, 2.24) is 10.3 Å². The molecule has 1 unspecified atom stereocenters. The summed E-state index contributed by atoms with van der Waals surface area (Å²) in [6.07, 6.45) is 0. The Morgan fingerprint density at radius 2 is 2.29 bits per heavy atom. The van der Waals surface area contributed by atoms with Gasteiger partial charge in [0.1, 0.15) is 5.01 Å². The Balaban J connectivity index is 2.26. The van der Waals surface area contributed by atoms with Crippen molar-refractivity contribution in [2.45, 2.75) is 13.0 Å². The highest BCUT2D eigenvalue weighted by Crippen LogP contribution is 2.27. The van der Waals surface area contributed by atoms with Gasteiger partial charge in [-0.3, -0.25) is 0 Å². The molecule has 74 valence electrons. The van der Waals surface area contributed by atoms with E-state index in [0.29, 0.717) is 6.04 Å². The molecule has 0 amide bonds. The molecule has 2 nitrogen and oxygen atoms in total. The van der Waals surface area contributed by atoms with Crippen LogP contribution < -0.4 is 5.32 Å². The molecular weight excluding hydrogens is 212 g/mol. The van der Waals surface area contributed by atoms with Crippen LogP contribution in [0.15, 0.2) is 22.2 Å². The summed E-state index contributed by atoms with van der Waals surface area (Å²) in [4.78, 5) is 4.59. The average molecular weight is 224 g/mol. The van der Waals surface area contributed by atoms with Crippen molar-refractivity contribution in [3.8, 4) is 10.6 Å². The largest absolute Gasteiger partial charge is 0.312 e. The highest BCUT2D eigenvalue weighted by molar-refractivity contribution is 7.14. The van der Waals surface area contributed by atoms with Gasteiger partial charge < -0.3 is 5.32 Å². The van der Waals surface area contributed by atoms with Gasteiger partial charge in [0.05, 0.1) is 5.69 Å². The summed E-state index contributed by atoms with van der Waals surface area (Å²) >= 11 is 3.42. The van der Waals surface area contributed by atoms with Crippen molar-refractivity contribution >= 4 is 22.7 Å². The number of thiophene rings is 1. The van der Waals surface area contributed by atoms with Crippen LogP contribution in [0.2, 0.25) is 0 Å². The third-order valence-electron chi connectivity index (χ3n) is 2.17. The van der Waals surface area contributed by atoms with Crippen LogP contribution >= 0.6 is 22.7 Å². The Morgan fingerprint density at radius 3 is 2.93 bits per heavy atom. The lowest BCUT2D eigenvalue weighted by Crippen LogP contribution is -2.12. The van der Waals surface area contributed by atoms with E-state index in [1.54, 1.807) is 22.7 Å². The molecule has 0 saturated carbocycles. The third kappa shape index (κ3) is 1.87. The highest BCUT2D eigenvalue weighted by Gasteiger charge is 2.09. The van der Waals surface area contributed by atoms with Crippen LogP contribution in [-0.2, 0) is 0 Å². The van der Waals surface area contributed by atoms with Gasteiger partial charge in [-0.05, 0) is 25.4 Å². The average Bonchev–Trinajstić information content (AvgIpc) is 2.86. The van der Waals surface area contributed by atoms with Gasteiger partial charge in [0, 0.05) is 22.4 Å². The number of hydrogen-bond acceptors (Lipinski definition) is 4. The molecule has 0 aliphatic carbocycles. The minimum Gasteiger partial charge on any atom is -0.312 e. The second-order valence-electron chi connectivity index (χ2n) is 3.10. The summed E-state index contributed by atoms with van der Waals surface area (Å²) in [5.74, 6) is 0. The molecule has 0 saturated heterocycles. The van der Waals surface area contributed by atoms with E-state index in [4.69, 9.17) is 0 Å². The zero-order chi connectivity index (χ0) is 9.97. The van der Waals surface area contributed by atoms with Gasteiger partial charge in [-0.25, -0.2) is 4.98 Å². The van der Waals surface area contributed by atoms with Gasteiger partial charge >= 0.3 is 0 Å². The predicted octanol–water partition coefficient (Wildman–Crippen LogP) is 3.15. The van der Waals surface area contributed by atoms with E-state index in [9.17, 15) is 0 Å². The summed E-state index contributed by atoms with van der Waals surface area (Å²) < 4.78 is 0. The SMILES string of the molecule is CNC(C)c1csc(-c2ccsc2)n1. The molecule has 0 aliphatic rings. The van der Waals surface area contributed by atoms with E-state index in [2.05, 4.69) is 39.4 Å². The first-order chi connectivity index (χ1) is 6.81. The maximum absolute atomic E-state index is 4.59. The van der Waals surface area contributed by atoms with Crippen LogP contribution in [0.25, 0.3) is 10.6 Å². The topological polar surface area (TPSA) is 24.9 Å². The smallest absolute Gasteiger partial charge is 0.124 e. The van der Waals surface area contributed by atoms with Crippen LogP contribution in [0.3, 0.4) is 0 Å². The Labute approximate surface area is 91.6 Å². The van der Waals surface area contributed by atoms with Crippen LogP contribution in [0, 0.1) is 0 Å². The first kappa shape index (κ1) is 9.83. The Morgan fingerprint density at radius 1 is 1.43 bits per heavy atom. The minimum absolute atomic E-state index is 0.332.